The van der Waals surface area contributed by atoms with E-state index in [1.54, 1.807) is 30.3 Å². The van der Waals surface area contributed by atoms with Crippen LogP contribution >= 0.6 is 11.6 Å². The SMILES string of the molecule is CN(C)CCN(C)Cc1ccc(NC(=C2C(=O)Nc3cc(Cl)ccc32)c2cccc(CC(=O)O)c2)cc1. The average molecular weight is 519 g/mol. The van der Waals surface area contributed by atoms with Gasteiger partial charge in [0.25, 0.3) is 5.91 Å². The van der Waals surface area contributed by atoms with Gasteiger partial charge in [-0.15, -0.1) is 0 Å². The van der Waals surface area contributed by atoms with Crippen LogP contribution in [-0.2, 0) is 22.6 Å². The number of anilines is 2. The third kappa shape index (κ3) is 6.77. The van der Waals surface area contributed by atoms with Crippen LogP contribution in [0.25, 0.3) is 11.3 Å². The van der Waals surface area contributed by atoms with Gasteiger partial charge in [-0.1, -0.05) is 48.0 Å². The molecular formula is C29H31ClN4O3. The number of nitrogens with one attached hydrogen (secondary N) is 2. The van der Waals surface area contributed by atoms with E-state index in [0.717, 1.165) is 36.4 Å². The molecule has 1 amide bonds. The van der Waals surface area contributed by atoms with Crippen LogP contribution in [0.2, 0.25) is 5.02 Å². The van der Waals surface area contributed by atoms with Crippen molar-refractivity contribution in [1.82, 2.24) is 9.80 Å². The lowest BCUT2D eigenvalue weighted by atomic mass is 9.98. The minimum absolute atomic E-state index is 0.106. The molecule has 3 N–H and O–H groups in total. The maximum Gasteiger partial charge on any atom is 0.307 e. The van der Waals surface area contributed by atoms with Crippen LogP contribution < -0.4 is 10.6 Å². The van der Waals surface area contributed by atoms with Crippen molar-refractivity contribution < 1.29 is 14.7 Å². The van der Waals surface area contributed by atoms with Crippen molar-refractivity contribution in [2.75, 3.05) is 44.9 Å². The number of carbonyl (C=O) groups excluding carboxylic acids is 1. The summed E-state index contributed by atoms with van der Waals surface area (Å²) < 4.78 is 0. The summed E-state index contributed by atoms with van der Waals surface area (Å²) in [6, 6.07) is 20.7. The average Bonchev–Trinajstić information content (AvgIpc) is 3.16. The van der Waals surface area contributed by atoms with Crippen LogP contribution in [0.4, 0.5) is 11.4 Å². The standard InChI is InChI=1S/C29H31ClN4O3/c1-33(2)13-14-34(3)18-19-7-10-23(11-8-19)31-28(21-6-4-5-20(15-21)16-26(35)36)27-24-12-9-22(30)17-25(24)32-29(27)37/h4-12,15,17,31H,13-14,16,18H2,1-3H3,(H,32,37)(H,35,36). The number of carboxylic acid groups (broad SMARTS) is 1. The van der Waals surface area contributed by atoms with Crippen LogP contribution in [0.3, 0.4) is 0 Å². The van der Waals surface area contributed by atoms with Crippen LogP contribution in [0.1, 0.15) is 22.3 Å². The number of amides is 1. The molecule has 3 aromatic rings. The molecule has 192 valence electrons. The lowest BCUT2D eigenvalue weighted by Crippen LogP contribution is -2.28. The first kappa shape index (κ1) is 26.4. The predicted molar refractivity (Wildman–Crippen MR) is 150 cm³/mol. The molecule has 3 aromatic carbocycles. The molecule has 0 fully saturated rings. The van der Waals surface area contributed by atoms with E-state index in [-0.39, 0.29) is 12.3 Å². The topological polar surface area (TPSA) is 84.9 Å². The number of hydrogen-bond donors (Lipinski definition) is 3. The molecule has 7 nitrogen and oxygen atoms in total. The fourth-order valence-corrected chi connectivity index (χ4v) is 4.46. The maximum atomic E-state index is 13.1. The lowest BCUT2D eigenvalue weighted by Gasteiger charge is -2.20. The molecule has 1 aliphatic heterocycles. The maximum absolute atomic E-state index is 13.1. The van der Waals surface area contributed by atoms with Gasteiger partial charge in [-0.3, -0.25) is 9.59 Å². The molecule has 37 heavy (non-hydrogen) atoms. The summed E-state index contributed by atoms with van der Waals surface area (Å²) in [5, 5.41) is 16.2. The van der Waals surface area contributed by atoms with E-state index in [9.17, 15) is 14.7 Å². The Balaban J connectivity index is 1.68. The van der Waals surface area contributed by atoms with Crippen molar-refractivity contribution in [3.05, 3.63) is 94.0 Å². The van der Waals surface area contributed by atoms with Gasteiger partial charge < -0.3 is 25.5 Å². The smallest absolute Gasteiger partial charge is 0.307 e. The lowest BCUT2D eigenvalue weighted by molar-refractivity contribution is -0.136. The molecule has 0 aliphatic carbocycles. The molecule has 4 rings (SSSR count). The molecule has 0 saturated heterocycles. The Kier molecular flexibility index (Phi) is 8.28. The summed E-state index contributed by atoms with van der Waals surface area (Å²) in [6.07, 6.45) is -0.106. The fraction of sp³-hybridized carbons (Fsp3) is 0.241. The van der Waals surface area contributed by atoms with Crippen LogP contribution in [0.5, 0.6) is 0 Å². The third-order valence-corrected chi connectivity index (χ3v) is 6.39. The van der Waals surface area contributed by atoms with Crippen molar-refractivity contribution in [2.24, 2.45) is 0 Å². The zero-order valence-corrected chi connectivity index (χ0v) is 22.0. The number of nitrogens with zero attached hydrogens (tertiary/aromatic N) is 2. The zero-order valence-electron chi connectivity index (χ0n) is 21.2. The van der Waals surface area contributed by atoms with Gasteiger partial charge >= 0.3 is 5.97 Å². The molecule has 0 radical (unpaired) electrons. The first-order chi connectivity index (χ1) is 17.7. The molecule has 0 saturated carbocycles. The summed E-state index contributed by atoms with van der Waals surface area (Å²) in [5.74, 6) is -1.16. The Labute approximate surface area is 222 Å². The Bertz CT molecular complexity index is 1340. The zero-order chi connectivity index (χ0) is 26.5. The molecular weight excluding hydrogens is 488 g/mol. The van der Waals surface area contributed by atoms with Gasteiger partial charge in [-0.2, -0.15) is 0 Å². The Morgan fingerprint density at radius 1 is 0.973 bits per heavy atom. The Morgan fingerprint density at radius 2 is 1.73 bits per heavy atom. The van der Waals surface area contributed by atoms with E-state index >= 15 is 0 Å². The third-order valence-electron chi connectivity index (χ3n) is 6.15. The fourth-order valence-electron chi connectivity index (χ4n) is 4.28. The molecule has 8 heteroatoms. The summed E-state index contributed by atoms with van der Waals surface area (Å²) in [7, 11) is 6.23. The minimum Gasteiger partial charge on any atom is -0.481 e. The van der Waals surface area contributed by atoms with Crippen molar-refractivity contribution in [1.29, 1.82) is 0 Å². The summed E-state index contributed by atoms with van der Waals surface area (Å²) in [4.78, 5) is 28.9. The number of hydrogen-bond acceptors (Lipinski definition) is 5. The number of rotatable bonds is 10. The van der Waals surface area contributed by atoms with Gasteiger partial charge in [0.15, 0.2) is 0 Å². The van der Waals surface area contributed by atoms with Gasteiger partial charge in [0.05, 0.1) is 23.4 Å². The highest BCUT2D eigenvalue weighted by atomic mass is 35.5. The summed E-state index contributed by atoms with van der Waals surface area (Å²) >= 11 is 6.16. The Morgan fingerprint density at radius 3 is 2.43 bits per heavy atom. The van der Waals surface area contributed by atoms with E-state index < -0.39 is 5.97 Å². The number of benzene rings is 3. The molecule has 1 heterocycles. The number of fused-ring (bicyclic) bond motifs is 1. The largest absolute Gasteiger partial charge is 0.481 e. The van der Waals surface area contributed by atoms with Crippen LogP contribution in [0, 0.1) is 0 Å². The molecule has 0 atom stereocenters. The molecule has 1 aliphatic rings. The summed E-state index contributed by atoms with van der Waals surface area (Å²) in [6.45, 7) is 2.78. The van der Waals surface area contributed by atoms with Crippen molar-refractivity contribution in [3.63, 3.8) is 0 Å². The molecule has 0 unspecified atom stereocenters. The van der Waals surface area contributed by atoms with Gasteiger partial charge in [0.1, 0.15) is 0 Å². The highest BCUT2D eigenvalue weighted by Crippen LogP contribution is 2.39. The van der Waals surface area contributed by atoms with Gasteiger partial charge in [-0.05, 0) is 68.2 Å². The second-order valence-electron chi connectivity index (χ2n) is 9.53. The van der Waals surface area contributed by atoms with Crippen molar-refractivity contribution >= 4 is 46.1 Å². The number of halogens is 1. The predicted octanol–water partition coefficient (Wildman–Crippen LogP) is 4.89. The molecule has 0 bridgehead atoms. The number of carboxylic acids is 1. The molecule has 0 spiro atoms. The minimum atomic E-state index is -0.913. The quantitative estimate of drug-likeness (QED) is 0.331. The first-order valence-corrected chi connectivity index (χ1v) is 12.4. The van der Waals surface area contributed by atoms with Gasteiger partial charge in [-0.25, -0.2) is 0 Å². The van der Waals surface area contributed by atoms with Gasteiger partial charge in [0, 0.05) is 35.9 Å². The second-order valence-corrected chi connectivity index (χ2v) is 9.96. The van der Waals surface area contributed by atoms with E-state index in [4.69, 9.17) is 11.6 Å². The number of aliphatic carboxylic acids is 1. The van der Waals surface area contributed by atoms with Crippen LogP contribution in [0.15, 0.2) is 66.7 Å². The van der Waals surface area contributed by atoms with Crippen molar-refractivity contribution in [2.45, 2.75) is 13.0 Å². The number of likely N-dealkylation sites (N-methyl/N-ethyl adjacent to an activating group) is 2. The molecule has 0 aromatic heterocycles. The Hall–Kier alpha value is -3.65. The highest BCUT2D eigenvalue weighted by molar-refractivity contribution is 6.38. The van der Waals surface area contributed by atoms with E-state index in [0.29, 0.717) is 27.5 Å². The van der Waals surface area contributed by atoms with Crippen molar-refractivity contribution in [3.8, 4) is 0 Å². The second kappa shape index (κ2) is 11.6. The van der Waals surface area contributed by atoms with E-state index in [1.807, 2.05) is 24.3 Å². The summed E-state index contributed by atoms with van der Waals surface area (Å²) in [5.41, 5.74) is 5.83. The normalized spacial score (nSPS) is 14.1. The van der Waals surface area contributed by atoms with Gasteiger partial charge in [0.2, 0.25) is 0 Å². The van der Waals surface area contributed by atoms with E-state index in [2.05, 4.69) is 53.7 Å². The monoisotopic (exact) mass is 518 g/mol. The first-order valence-electron chi connectivity index (χ1n) is 12.1. The van der Waals surface area contributed by atoms with E-state index in [1.165, 1.54) is 5.56 Å². The number of carbonyl (C=O) groups is 2. The van der Waals surface area contributed by atoms with Crippen LogP contribution in [-0.4, -0.2) is 61.0 Å². The highest BCUT2D eigenvalue weighted by Gasteiger charge is 2.28.